The Kier molecular flexibility index (Phi) is 4.10. The van der Waals surface area contributed by atoms with Crippen LogP contribution >= 0.6 is 17.8 Å². The van der Waals surface area contributed by atoms with Crippen LogP contribution in [0, 0.1) is 0 Å². The molecule has 0 aliphatic rings. The number of rotatable bonds is 1. The molecule has 6 heavy (non-hydrogen) atoms. The van der Waals surface area contributed by atoms with Gasteiger partial charge in [0.25, 0.3) is 0 Å². The molecular formula is C2H6Cl2NSn. The minimum atomic E-state index is -1.92. The van der Waals surface area contributed by atoms with Crippen molar-refractivity contribution in [3.05, 3.63) is 0 Å². The Morgan fingerprint density at radius 3 is 1.50 bits per heavy atom. The SMILES string of the molecule is C[N](C)[Sn]([Cl])[Cl]. The average molecular weight is 234 g/mol. The van der Waals surface area contributed by atoms with Crippen molar-refractivity contribution in [3.63, 3.8) is 0 Å². The first-order valence-electron chi connectivity index (χ1n) is 1.50. The van der Waals surface area contributed by atoms with Gasteiger partial charge in [-0.05, 0) is 0 Å². The third-order valence-corrected chi connectivity index (χ3v) is 6.80. The maximum absolute atomic E-state index is 5.50. The van der Waals surface area contributed by atoms with E-state index in [0.717, 1.165) is 0 Å². The number of halogens is 2. The second-order valence-electron chi connectivity index (χ2n) is 1.13. The van der Waals surface area contributed by atoms with E-state index in [2.05, 4.69) is 0 Å². The number of nitrogens with zero attached hydrogens (tertiary/aromatic N) is 1. The zero-order valence-corrected chi connectivity index (χ0v) is 8.07. The van der Waals surface area contributed by atoms with Crippen LogP contribution in [0.2, 0.25) is 0 Å². The molecule has 1 radical (unpaired) electrons. The molecule has 0 bridgehead atoms. The summed E-state index contributed by atoms with van der Waals surface area (Å²) in [6.45, 7) is 0. The normalized spacial score (nSPS) is 11.0. The van der Waals surface area contributed by atoms with E-state index in [9.17, 15) is 0 Å². The summed E-state index contributed by atoms with van der Waals surface area (Å²) in [4.78, 5) is 0. The Balaban J connectivity index is 2.99. The van der Waals surface area contributed by atoms with Crippen LogP contribution in [0.3, 0.4) is 0 Å². The van der Waals surface area contributed by atoms with Gasteiger partial charge < -0.3 is 0 Å². The van der Waals surface area contributed by atoms with E-state index in [1.807, 2.05) is 17.2 Å². The maximum atomic E-state index is 5.50. The van der Waals surface area contributed by atoms with E-state index in [1.165, 1.54) is 0 Å². The third kappa shape index (κ3) is 3.53. The van der Waals surface area contributed by atoms with Gasteiger partial charge in [-0.2, -0.15) is 0 Å². The van der Waals surface area contributed by atoms with Crippen LogP contribution in [0.4, 0.5) is 0 Å². The Hall–Kier alpha value is 1.34. The predicted molar refractivity (Wildman–Crippen MR) is 31.1 cm³/mol. The van der Waals surface area contributed by atoms with Crippen molar-refractivity contribution in [2.75, 3.05) is 14.1 Å². The van der Waals surface area contributed by atoms with E-state index in [1.54, 1.807) is 0 Å². The van der Waals surface area contributed by atoms with Crippen LogP contribution in [0.15, 0.2) is 0 Å². The third-order valence-electron chi connectivity index (χ3n) is 0.338. The van der Waals surface area contributed by atoms with E-state index in [-0.39, 0.29) is 0 Å². The fourth-order valence-corrected chi connectivity index (χ4v) is 0. The van der Waals surface area contributed by atoms with Gasteiger partial charge in [-0.15, -0.1) is 0 Å². The van der Waals surface area contributed by atoms with E-state index in [4.69, 9.17) is 17.8 Å². The van der Waals surface area contributed by atoms with E-state index < -0.39 is 17.8 Å². The van der Waals surface area contributed by atoms with Crippen molar-refractivity contribution in [1.29, 1.82) is 0 Å². The summed E-state index contributed by atoms with van der Waals surface area (Å²) in [5, 5.41) is 0. The molecule has 0 atom stereocenters. The summed E-state index contributed by atoms with van der Waals surface area (Å²) in [7, 11) is 14.8. The first-order chi connectivity index (χ1) is 2.64. The van der Waals surface area contributed by atoms with E-state index >= 15 is 0 Å². The topological polar surface area (TPSA) is 3.24 Å². The van der Waals surface area contributed by atoms with Crippen molar-refractivity contribution in [1.82, 2.24) is 3.12 Å². The van der Waals surface area contributed by atoms with Crippen molar-refractivity contribution < 1.29 is 0 Å². The molecule has 0 spiro atoms. The average Bonchev–Trinajstić information content (AvgIpc) is 1.36. The van der Waals surface area contributed by atoms with Gasteiger partial charge >= 0.3 is 52.8 Å². The Morgan fingerprint density at radius 1 is 1.33 bits per heavy atom. The Labute approximate surface area is 52.7 Å². The first-order valence-corrected chi connectivity index (χ1v) is 10.0. The van der Waals surface area contributed by atoms with Crippen LogP contribution in [-0.4, -0.2) is 35.0 Å². The van der Waals surface area contributed by atoms with Gasteiger partial charge in [0.15, 0.2) is 0 Å². The van der Waals surface area contributed by atoms with Crippen molar-refractivity contribution in [2.24, 2.45) is 0 Å². The predicted octanol–water partition coefficient (Wildman–Crippen LogP) is 1.01. The molecule has 1 nitrogen and oxygen atoms in total. The molecule has 0 unspecified atom stereocenters. The van der Waals surface area contributed by atoms with Crippen LogP contribution in [0.5, 0.6) is 0 Å². The molecule has 0 saturated carbocycles. The fraction of sp³-hybridized carbons (Fsp3) is 1.00. The summed E-state index contributed by atoms with van der Waals surface area (Å²) in [5.41, 5.74) is 0. The molecule has 0 amide bonds. The second-order valence-corrected chi connectivity index (χ2v) is 11.2. The Bertz CT molecular complexity index is 32.5. The molecule has 0 aromatic heterocycles. The van der Waals surface area contributed by atoms with Crippen LogP contribution in [-0.2, 0) is 0 Å². The van der Waals surface area contributed by atoms with Gasteiger partial charge in [-0.1, -0.05) is 0 Å². The van der Waals surface area contributed by atoms with Gasteiger partial charge in [0.2, 0.25) is 0 Å². The van der Waals surface area contributed by atoms with Gasteiger partial charge in [-0.25, -0.2) is 0 Å². The fourth-order valence-electron chi connectivity index (χ4n) is 0. The summed E-state index contributed by atoms with van der Waals surface area (Å²) in [6.07, 6.45) is 0. The van der Waals surface area contributed by atoms with E-state index in [0.29, 0.717) is 0 Å². The number of hydrogen-bond acceptors (Lipinski definition) is 1. The van der Waals surface area contributed by atoms with Crippen molar-refractivity contribution in [2.45, 2.75) is 0 Å². The Morgan fingerprint density at radius 2 is 1.50 bits per heavy atom. The van der Waals surface area contributed by atoms with Crippen molar-refractivity contribution >= 4 is 35.6 Å². The molecule has 0 N–H and O–H groups in total. The molecule has 0 rings (SSSR count). The molecule has 0 heterocycles. The molecular weight excluding hydrogens is 228 g/mol. The summed E-state index contributed by atoms with van der Waals surface area (Å²) in [6, 6.07) is 0. The number of hydrogen-bond donors (Lipinski definition) is 0. The van der Waals surface area contributed by atoms with Gasteiger partial charge in [0.05, 0.1) is 0 Å². The molecule has 0 aliphatic heterocycles. The molecule has 0 saturated heterocycles. The molecule has 4 heteroatoms. The molecule has 0 aromatic rings. The van der Waals surface area contributed by atoms with Gasteiger partial charge in [0, 0.05) is 0 Å². The second kappa shape index (κ2) is 3.35. The molecule has 37 valence electrons. The summed E-state index contributed by atoms with van der Waals surface area (Å²) >= 11 is -1.92. The standard InChI is InChI=1S/C2H6N.2ClH.Sn/c1-3-2;;;/h1-2H3;2*1H;/q-1;;;+3/p-2. The zero-order valence-electron chi connectivity index (χ0n) is 3.70. The van der Waals surface area contributed by atoms with Crippen LogP contribution in [0.25, 0.3) is 0 Å². The van der Waals surface area contributed by atoms with Crippen LogP contribution in [0.1, 0.15) is 0 Å². The van der Waals surface area contributed by atoms with Crippen LogP contribution < -0.4 is 0 Å². The minimum absolute atomic E-state index is 1.89. The quantitative estimate of drug-likeness (QED) is 0.611. The van der Waals surface area contributed by atoms with Gasteiger partial charge in [-0.3, -0.25) is 0 Å². The molecule has 0 aliphatic carbocycles. The summed E-state index contributed by atoms with van der Waals surface area (Å²) in [5.74, 6) is 0. The first kappa shape index (κ1) is 7.34. The molecule has 0 aromatic carbocycles. The zero-order chi connectivity index (χ0) is 5.15. The van der Waals surface area contributed by atoms with Gasteiger partial charge in [0.1, 0.15) is 0 Å². The monoisotopic (exact) mass is 234 g/mol. The van der Waals surface area contributed by atoms with Crippen molar-refractivity contribution in [3.8, 4) is 0 Å². The summed E-state index contributed by atoms with van der Waals surface area (Å²) < 4.78 is 1.89. The molecule has 0 fully saturated rings.